The third-order valence-corrected chi connectivity index (χ3v) is 5.11. The maximum Gasteiger partial charge on any atom is 0.248 e. The zero-order chi connectivity index (χ0) is 21.5. The lowest BCUT2D eigenvalue weighted by Gasteiger charge is -2.36. The van der Waals surface area contributed by atoms with Gasteiger partial charge in [-0.2, -0.15) is 0 Å². The molecule has 7 nitrogen and oxygen atoms in total. The molecule has 9 heteroatoms. The lowest BCUT2D eigenvalue weighted by molar-refractivity contribution is -0.135. The number of amides is 2. The van der Waals surface area contributed by atoms with Crippen molar-refractivity contribution in [3.63, 3.8) is 0 Å². The van der Waals surface area contributed by atoms with E-state index in [2.05, 4.69) is 10.3 Å². The van der Waals surface area contributed by atoms with Crippen LogP contribution in [0.2, 0.25) is 5.02 Å². The first-order chi connectivity index (χ1) is 14.5. The summed E-state index contributed by atoms with van der Waals surface area (Å²) in [5.74, 6) is 0.272. The third kappa shape index (κ3) is 7.10. The number of nitrogens with one attached hydrogen (secondary N) is 1. The van der Waals surface area contributed by atoms with E-state index in [9.17, 15) is 9.59 Å². The standard InChI is InChI=1S/C22H26ClN5O2.HI/c1-2-25-22(26-13-17-4-3-5-18(12-17)21(24)30)28-11-10-27(20(29)15-28)14-16-6-8-19(23)9-7-16;/h3-9,12H,2,10-11,13-15H2,1H3,(H2,24,30)(H,25,26);1H. The molecule has 0 atom stereocenters. The largest absolute Gasteiger partial charge is 0.366 e. The minimum absolute atomic E-state index is 0. The molecule has 1 aliphatic rings. The topological polar surface area (TPSA) is 91.0 Å². The van der Waals surface area contributed by atoms with Crippen molar-refractivity contribution in [3.05, 3.63) is 70.2 Å². The predicted molar refractivity (Wildman–Crippen MR) is 134 cm³/mol. The maximum atomic E-state index is 12.7. The molecule has 1 aliphatic heterocycles. The molecule has 0 aliphatic carbocycles. The molecule has 3 N–H and O–H groups in total. The van der Waals surface area contributed by atoms with Crippen molar-refractivity contribution in [2.45, 2.75) is 20.0 Å². The van der Waals surface area contributed by atoms with Crippen LogP contribution in [0, 0.1) is 0 Å². The highest BCUT2D eigenvalue weighted by atomic mass is 127. The van der Waals surface area contributed by atoms with E-state index in [0.717, 1.165) is 11.1 Å². The quantitative estimate of drug-likeness (QED) is 0.326. The van der Waals surface area contributed by atoms with Crippen LogP contribution in [0.25, 0.3) is 0 Å². The summed E-state index contributed by atoms with van der Waals surface area (Å²) in [5.41, 5.74) is 7.74. The van der Waals surface area contributed by atoms with E-state index >= 15 is 0 Å². The summed E-state index contributed by atoms with van der Waals surface area (Å²) in [4.78, 5) is 32.5. The second kappa shape index (κ2) is 11.9. The van der Waals surface area contributed by atoms with Crippen LogP contribution in [-0.4, -0.2) is 53.8 Å². The van der Waals surface area contributed by atoms with Crippen LogP contribution >= 0.6 is 35.6 Å². The molecule has 0 saturated carbocycles. The molecule has 1 heterocycles. The fourth-order valence-corrected chi connectivity index (χ4v) is 3.41. The average Bonchev–Trinajstić information content (AvgIpc) is 2.74. The number of carbonyl (C=O) groups excluding carboxylic acids is 2. The van der Waals surface area contributed by atoms with Crippen LogP contribution in [0.15, 0.2) is 53.5 Å². The van der Waals surface area contributed by atoms with Crippen LogP contribution in [0.4, 0.5) is 0 Å². The zero-order valence-electron chi connectivity index (χ0n) is 17.4. The van der Waals surface area contributed by atoms with Crippen molar-refractivity contribution in [3.8, 4) is 0 Å². The lowest BCUT2D eigenvalue weighted by atomic mass is 10.1. The number of halogens is 2. The summed E-state index contributed by atoms with van der Waals surface area (Å²) in [7, 11) is 0. The molecule has 0 unspecified atom stereocenters. The van der Waals surface area contributed by atoms with Gasteiger partial charge in [-0.1, -0.05) is 35.9 Å². The number of benzene rings is 2. The summed E-state index contributed by atoms with van der Waals surface area (Å²) >= 11 is 5.93. The smallest absolute Gasteiger partial charge is 0.248 e. The monoisotopic (exact) mass is 555 g/mol. The fourth-order valence-electron chi connectivity index (χ4n) is 3.28. The maximum absolute atomic E-state index is 12.7. The van der Waals surface area contributed by atoms with Crippen LogP contribution in [0.3, 0.4) is 0 Å². The first-order valence-electron chi connectivity index (χ1n) is 9.90. The van der Waals surface area contributed by atoms with Crippen LogP contribution < -0.4 is 11.1 Å². The van der Waals surface area contributed by atoms with Gasteiger partial charge in [0, 0.05) is 36.8 Å². The molecule has 0 radical (unpaired) electrons. The molecule has 166 valence electrons. The van der Waals surface area contributed by atoms with Gasteiger partial charge in [0.1, 0.15) is 0 Å². The van der Waals surface area contributed by atoms with Gasteiger partial charge in [0.25, 0.3) is 0 Å². The van der Waals surface area contributed by atoms with Crippen LogP contribution in [0.1, 0.15) is 28.4 Å². The van der Waals surface area contributed by atoms with Crippen molar-refractivity contribution >= 4 is 53.4 Å². The number of nitrogens with two attached hydrogens (primary N) is 1. The van der Waals surface area contributed by atoms with Gasteiger partial charge in [-0.05, 0) is 42.3 Å². The van der Waals surface area contributed by atoms with Gasteiger partial charge < -0.3 is 20.9 Å². The van der Waals surface area contributed by atoms with Crippen LogP contribution in [0.5, 0.6) is 0 Å². The van der Waals surface area contributed by atoms with E-state index in [1.165, 1.54) is 0 Å². The van der Waals surface area contributed by atoms with E-state index in [0.29, 0.717) is 49.3 Å². The number of guanidine groups is 1. The van der Waals surface area contributed by atoms with Crippen LogP contribution in [-0.2, 0) is 17.9 Å². The Bertz CT molecular complexity index is 936. The minimum atomic E-state index is -0.463. The Labute approximate surface area is 204 Å². The number of hydrogen-bond acceptors (Lipinski definition) is 3. The van der Waals surface area contributed by atoms with Gasteiger partial charge >= 0.3 is 0 Å². The highest BCUT2D eigenvalue weighted by Gasteiger charge is 2.26. The Balaban J connectivity index is 0.00000341. The summed E-state index contributed by atoms with van der Waals surface area (Å²) in [6, 6.07) is 14.7. The highest BCUT2D eigenvalue weighted by Crippen LogP contribution is 2.14. The summed E-state index contributed by atoms with van der Waals surface area (Å²) in [6.45, 7) is 5.21. The molecule has 2 aromatic carbocycles. The number of primary amides is 1. The van der Waals surface area contributed by atoms with Gasteiger partial charge in [-0.25, -0.2) is 4.99 Å². The van der Waals surface area contributed by atoms with Gasteiger partial charge in [-0.3, -0.25) is 9.59 Å². The molecule has 0 aromatic heterocycles. The Hall–Kier alpha value is -2.33. The van der Waals surface area contributed by atoms with E-state index in [-0.39, 0.29) is 36.4 Å². The lowest BCUT2D eigenvalue weighted by Crippen LogP contribution is -2.54. The van der Waals surface area contributed by atoms with Crippen molar-refractivity contribution in [2.75, 3.05) is 26.2 Å². The fraction of sp³-hybridized carbons (Fsp3) is 0.318. The zero-order valence-corrected chi connectivity index (χ0v) is 20.5. The molecular formula is C22H27ClIN5O2. The Morgan fingerprint density at radius 2 is 1.90 bits per heavy atom. The van der Waals surface area contributed by atoms with Crippen molar-refractivity contribution in [2.24, 2.45) is 10.7 Å². The Morgan fingerprint density at radius 3 is 2.55 bits per heavy atom. The number of piperazine rings is 1. The SMILES string of the molecule is CCNC(=NCc1cccc(C(N)=O)c1)N1CCN(Cc2ccc(Cl)cc2)C(=O)C1.I. The second-order valence-corrected chi connectivity index (χ2v) is 7.53. The number of hydrogen-bond donors (Lipinski definition) is 2. The minimum Gasteiger partial charge on any atom is -0.366 e. The van der Waals surface area contributed by atoms with Gasteiger partial charge in [0.2, 0.25) is 11.8 Å². The first kappa shape index (κ1) is 24.9. The molecule has 2 amide bonds. The molecule has 3 rings (SSSR count). The molecule has 1 saturated heterocycles. The van der Waals surface area contributed by atoms with Gasteiger partial charge in [0.15, 0.2) is 5.96 Å². The first-order valence-corrected chi connectivity index (χ1v) is 10.3. The molecule has 0 spiro atoms. The van der Waals surface area contributed by atoms with Crippen molar-refractivity contribution in [1.29, 1.82) is 0 Å². The normalized spacial score (nSPS) is 14.3. The molecule has 31 heavy (non-hydrogen) atoms. The number of rotatable bonds is 6. The molecule has 0 bridgehead atoms. The molecule has 1 fully saturated rings. The number of carbonyl (C=O) groups is 2. The molecule has 2 aromatic rings. The van der Waals surface area contributed by atoms with Gasteiger partial charge in [0.05, 0.1) is 13.1 Å². The summed E-state index contributed by atoms with van der Waals surface area (Å²) in [6.07, 6.45) is 0. The molecular weight excluding hydrogens is 529 g/mol. The third-order valence-electron chi connectivity index (χ3n) is 4.86. The van der Waals surface area contributed by atoms with Crippen molar-refractivity contribution in [1.82, 2.24) is 15.1 Å². The summed E-state index contributed by atoms with van der Waals surface area (Å²) in [5, 5.41) is 3.93. The average molecular weight is 556 g/mol. The summed E-state index contributed by atoms with van der Waals surface area (Å²) < 4.78 is 0. The van der Waals surface area contributed by atoms with E-state index in [1.54, 1.807) is 18.2 Å². The van der Waals surface area contributed by atoms with Crippen molar-refractivity contribution < 1.29 is 9.59 Å². The Kier molecular flexibility index (Phi) is 9.57. The van der Waals surface area contributed by atoms with E-state index < -0.39 is 5.91 Å². The van der Waals surface area contributed by atoms with Gasteiger partial charge in [-0.15, -0.1) is 24.0 Å². The Morgan fingerprint density at radius 1 is 1.16 bits per heavy atom. The number of nitrogens with zero attached hydrogens (tertiary/aromatic N) is 3. The van der Waals surface area contributed by atoms with E-state index in [4.69, 9.17) is 17.3 Å². The number of aliphatic imine (C=N–C) groups is 1. The highest BCUT2D eigenvalue weighted by molar-refractivity contribution is 14.0. The predicted octanol–water partition coefficient (Wildman–Crippen LogP) is 2.87. The van der Waals surface area contributed by atoms with E-state index in [1.807, 2.05) is 47.1 Å². The second-order valence-electron chi connectivity index (χ2n) is 7.10.